The summed E-state index contributed by atoms with van der Waals surface area (Å²) in [5.41, 5.74) is 3.03. The van der Waals surface area contributed by atoms with Gasteiger partial charge in [-0.05, 0) is 36.3 Å². The van der Waals surface area contributed by atoms with Crippen molar-refractivity contribution < 1.29 is 9.47 Å². The fourth-order valence-electron chi connectivity index (χ4n) is 2.31. The summed E-state index contributed by atoms with van der Waals surface area (Å²) < 4.78 is 10.6. The maximum absolute atomic E-state index is 5.60. The molecule has 1 aliphatic carbocycles. The average molecular weight is 220 g/mol. The third kappa shape index (κ3) is 3.06. The molecule has 0 fully saturated rings. The molecule has 0 bridgehead atoms. The lowest BCUT2D eigenvalue weighted by atomic mass is 9.84. The molecule has 0 N–H and O–H groups in total. The second-order valence-electron chi connectivity index (χ2n) is 4.45. The van der Waals surface area contributed by atoms with Gasteiger partial charge in [-0.15, -0.1) is 0 Å². The van der Waals surface area contributed by atoms with Gasteiger partial charge < -0.3 is 9.47 Å². The maximum atomic E-state index is 5.60. The number of fused-ring (bicyclic) bond motifs is 1. The first kappa shape index (κ1) is 11.6. The molecule has 0 amide bonds. The van der Waals surface area contributed by atoms with E-state index in [9.17, 15) is 0 Å². The van der Waals surface area contributed by atoms with Crippen LogP contribution in [0.1, 0.15) is 17.5 Å². The lowest BCUT2D eigenvalue weighted by molar-refractivity contribution is 0.0487. The molecule has 2 rings (SSSR count). The van der Waals surface area contributed by atoms with Gasteiger partial charge in [0.05, 0.1) is 13.2 Å². The zero-order valence-corrected chi connectivity index (χ0v) is 9.95. The quantitative estimate of drug-likeness (QED) is 0.710. The zero-order valence-electron chi connectivity index (χ0n) is 9.95. The van der Waals surface area contributed by atoms with Crippen LogP contribution in [0.5, 0.6) is 0 Å². The Hall–Kier alpha value is -0.860. The standard InChI is InChI=1S/C14H20O2/c1-15-8-9-16-11-12-6-7-13-4-2-3-5-14(13)10-12/h2-5,12H,6-11H2,1H3. The predicted molar refractivity (Wildman–Crippen MR) is 64.7 cm³/mol. The zero-order chi connectivity index (χ0) is 11.2. The van der Waals surface area contributed by atoms with E-state index in [1.54, 1.807) is 7.11 Å². The van der Waals surface area contributed by atoms with Gasteiger partial charge in [-0.2, -0.15) is 0 Å². The van der Waals surface area contributed by atoms with Gasteiger partial charge in [0.2, 0.25) is 0 Å². The minimum absolute atomic E-state index is 0.687. The summed E-state index contributed by atoms with van der Waals surface area (Å²) in [5, 5.41) is 0. The van der Waals surface area contributed by atoms with Crippen LogP contribution in [0.25, 0.3) is 0 Å². The maximum Gasteiger partial charge on any atom is 0.0700 e. The highest BCUT2D eigenvalue weighted by Crippen LogP contribution is 2.25. The molecule has 1 aromatic carbocycles. The molecular formula is C14H20O2. The van der Waals surface area contributed by atoms with Crippen molar-refractivity contribution in [1.82, 2.24) is 0 Å². The Labute approximate surface area is 97.6 Å². The molecule has 2 nitrogen and oxygen atoms in total. The summed E-state index contributed by atoms with van der Waals surface area (Å²) in [7, 11) is 1.71. The first-order valence-electron chi connectivity index (χ1n) is 6.03. The fraction of sp³-hybridized carbons (Fsp3) is 0.571. The van der Waals surface area contributed by atoms with E-state index < -0.39 is 0 Å². The minimum atomic E-state index is 0.687. The third-order valence-corrected chi connectivity index (χ3v) is 3.23. The van der Waals surface area contributed by atoms with E-state index in [0.29, 0.717) is 19.1 Å². The van der Waals surface area contributed by atoms with Crippen LogP contribution in [-0.4, -0.2) is 26.9 Å². The number of ether oxygens (including phenoxy) is 2. The third-order valence-electron chi connectivity index (χ3n) is 3.23. The van der Waals surface area contributed by atoms with Crippen molar-refractivity contribution in [3.63, 3.8) is 0 Å². The number of benzene rings is 1. The van der Waals surface area contributed by atoms with E-state index in [1.165, 1.54) is 30.4 Å². The van der Waals surface area contributed by atoms with Crippen LogP contribution in [0.2, 0.25) is 0 Å². The number of hydrogen-bond donors (Lipinski definition) is 0. The van der Waals surface area contributed by atoms with Gasteiger partial charge in [-0.25, -0.2) is 0 Å². The fourth-order valence-corrected chi connectivity index (χ4v) is 2.31. The topological polar surface area (TPSA) is 18.5 Å². The van der Waals surface area contributed by atoms with Gasteiger partial charge in [0.1, 0.15) is 0 Å². The number of rotatable bonds is 5. The van der Waals surface area contributed by atoms with E-state index in [0.717, 1.165) is 6.61 Å². The van der Waals surface area contributed by atoms with Gasteiger partial charge in [0.25, 0.3) is 0 Å². The Kier molecular flexibility index (Phi) is 4.37. The molecule has 0 aliphatic heterocycles. The Balaban J connectivity index is 1.79. The van der Waals surface area contributed by atoms with Crippen molar-refractivity contribution in [2.24, 2.45) is 5.92 Å². The molecule has 0 saturated heterocycles. The molecule has 0 radical (unpaired) electrons. The monoisotopic (exact) mass is 220 g/mol. The second-order valence-corrected chi connectivity index (χ2v) is 4.45. The average Bonchev–Trinajstić information content (AvgIpc) is 2.34. The van der Waals surface area contributed by atoms with E-state index in [4.69, 9.17) is 9.47 Å². The number of aryl methyl sites for hydroxylation is 1. The van der Waals surface area contributed by atoms with Gasteiger partial charge in [-0.3, -0.25) is 0 Å². The molecule has 0 saturated carbocycles. The Bertz CT molecular complexity index is 322. The summed E-state index contributed by atoms with van der Waals surface area (Å²) in [6.45, 7) is 2.29. The Morgan fingerprint density at radius 3 is 2.81 bits per heavy atom. The summed E-state index contributed by atoms with van der Waals surface area (Å²) in [4.78, 5) is 0. The van der Waals surface area contributed by atoms with Gasteiger partial charge >= 0.3 is 0 Å². The van der Waals surface area contributed by atoms with E-state index in [1.807, 2.05) is 0 Å². The van der Waals surface area contributed by atoms with Crippen LogP contribution >= 0.6 is 0 Å². The molecule has 1 aromatic rings. The summed E-state index contributed by atoms with van der Waals surface area (Å²) >= 11 is 0. The predicted octanol–water partition coefficient (Wildman–Crippen LogP) is 2.45. The molecule has 88 valence electrons. The highest BCUT2D eigenvalue weighted by atomic mass is 16.5. The molecule has 0 heterocycles. The second kappa shape index (κ2) is 6.02. The normalized spacial score (nSPS) is 19.4. The minimum Gasteiger partial charge on any atom is -0.382 e. The Morgan fingerprint density at radius 2 is 2.00 bits per heavy atom. The van der Waals surface area contributed by atoms with Crippen LogP contribution in [0, 0.1) is 5.92 Å². The van der Waals surface area contributed by atoms with Crippen LogP contribution in [0.3, 0.4) is 0 Å². The number of hydrogen-bond acceptors (Lipinski definition) is 2. The van der Waals surface area contributed by atoms with Crippen molar-refractivity contribution in [3.8, 4) is 0 Å². The van der Waals surface area contributed by atoms with Crippen LogP contribution in [0.15, 0.2) is 24.3 Å². The lowest BCUT2D eigenvalue weighted by Gasteiger charge is -2.24. The molecular weight excluding hydrogens is 200 g/mol. The van der Waals surface area contributed by atoms with E-state index in [-0.39, 0.29) is 0 Å². The molecule has 1 aliphatic rings. The van der Waals surface area contributed by atoms with Crippen molar-refractivity contribution >= 4 is 0 Å². The van der Waals surface area contributed by atoms with E-state index in [2.05, 4.69) is 24.3 Å². The van der Waals surface area contributed by atoms with Crippen LogP contribution in [-0.2, 0) is 22.3 Å². The first-order valence-corrected chi connectivity index (χ1v) is 6.03. The Morgan fingerprint density at radius 1 is 1.19 bits per heavy atom. The van der Waals surface area contributed by atoms with E-state index >= 15 is 0 Å². The summed E-state index contributed by atoms with van der Waals surface area (Å²) in [6.07, 6.45) is 3.63. The highest BCUT2D eigenvalue weighted by molar-refractivity contribution is 5.29. The molecule has 2 heteroatoms. The van der Waals surface area contributed by atoms with Gasteiger partial charge in [0, 0.05) is 13.7 Å². The van der Waals surface area contributed by atoms with Gasteiger partial charge in [0.15, 0.2) is 0 Å². The summed E-state index contributed by atoms with van der Waals surface area (Å²) in [6, 6.07) is 8.76. The van der Waals surface area contributed by atoms with Crippen molar-refractivity contribution in [1.29, 1.82) is 0 Å². The molecule has 1 atom stereocenters. The SMILES string of the molecule is COCCOCC1CCc2ccccc2C1. The molecule has 0 aromatic heterocycles. The van der Waals surface area contributed by atoms with Gasteiger partial charge in [-0.1, -0.05) is 24.3 Å². The largest absolute Gasteiger partial charge is 0.382 e. The van der Waals surface area contributed by atoms with Crippen LogP contribution in [0.4, 0.5) is 0 Å². The van der Waals surface area contributed by atoms with Crippen molar-refractivity contribution in [3.05, 3.63) is 35.4 Å². The molecule has 1 unspecified atom stereocenters. The van der Waals surface area contributed by atoms with Crippen molar-refractivity contribution in [2.75, 3.05) is 26.9 Å². The molecule has 16 heavy (non-hydrogen) atoms. The summed E-state index contributed by atoms with van der Waals surface area (Å²) in [5.74, 6) is 0.687. The van der Waals surface area contributed by atoms with Crippen molar-refractivity contribution in [2.45, 2.75) is 19.3 Å². The van der Waals surface area contributed by atoms with Crippen LogP contribution < -0.4 is 0 Å². The first-order chi connectivity index (χ1) is 7.90. The smallest absolute Gasteiger partial charge is 0.0700 e. The lowest BCUT2D eigenvalue weighted by Crippen LogP contribution is -2.20. The molecule has 0 spiro atoms. The highest BCUT2D eigenvalue weighted by Gasteiger charge is 2.17. The number of methoxy groups -OCH3 is 1.